The average molecular weight is 472 g/mol. The van der Waals surface area contributed by atoms with Crippen LogP contribution in [0.5, 0.6) is 5.75 Å². The molecular formula is C23H29N5O4S. The molecule has 4 rings (SSSR count). The van der Waals surface area contributed by atoms with E-state index in [2.05, 4.69) is 26.2 Å². The third-order valence-corrected chi connectivity index (χ3v) is 6.77. The molecule has 3 heterocycles. The number of methoxy groups -OCH3 is 1. The van der Waals surface area contributed by atoms with Crippen LogP contribution in [0.25, 0.3) is 0 Å². The van der Waals surface area contributed by atoms with Gasteiger partial charge in [-0.3, -0.25) is 14.5 Å². The number of nitrogens with zero attached hydrogens (tertiary/aromatic N) is 1. The first kappa shape index (κ1) is 23.1. The van der Waals surface area contributed by atoms with E-state index < -0.39 is 0 Å². The van der Waals surface area contributed by atoms with E-state index >= 15 is 0 Å². The molecule has 4 amide bonds. The highest BCUT2D eigenvalue weighted by Crippen LogP contribution is 2.26. The molecule has 9 nitrogen and oxygen atoms in total. The van der Waals surface area contributed by atoms with Gasteiger partial charge in [-0.05, 0) is 42.0 Å². The fourth-order valence-corrected chi connectivity index (χ4v) is 4.95. The number of ether oxygens (including phenoxy) is 1. The van der Waals surface area contributed by atoms with Crippen LogP contribution in [0, 0.1) is 0 Å². The summed E-state index contributed by atoms with van der Waals surface area (Å²) in [5.41, 5.74) is 1.76. The minimum Gasteiger partial charge on any atom is -0.497 e. The summed E-state index contributed by atoms with van der Waals surface area (Å²) in [5.74, 6) is 0.738. The molecule has 3 atom stereocenters. The van der Waals surface area contributed by atoms with E-state index in [4.69, 9.17) is 4.74 Å². The second kappa shape index (κ2) is 10.7. The van der Waals surface area contributed by atoms with Crippen LogP contribution < -0.4 is 26.0 Å². The molecule has 10 heteroatoms. The molecule has 176 valence electrons. The fourth-order valence-electron chi connectivity index (χ4n) is 4.37. The van der Waals surface area contributed by atoms with Gasteiger partial charge in [0.15, 0.2) is 0 Å². The van der Waals surface area contributed by atoms with Gasteiger partial charge in [-0.25, -0.2) is 4.79 Å². The first-order chi connectivity index (χ1) is 16.0. The van der Waals surface area contributed by atoms with Crippen LogP contribution in [0.4, 0.5) is 10.5 Å². The summed E-state index contributed by atoms with van der Waals surface area (Å²) in [6, 6.07) is 8.81. The van der Waals surface area contributed by atoms with Gasteiger partial charge in [-0.15, -0.1) is 0 Å². The van der Waals surface area contributed by atoms with Crippen molar-refractivity contribution in [3.63, 3.8) is 0 Å². The first-order valence-corrected chi connectivity index (χ1v) is 12.0. The van der Waals surface area contributed by atoms with Crippen LogP contribution in [0.15, 0.2) is 41.1 Å². The van der Waals surface area contributed by atoms with Gasteiger partial charge < -0.3 is 26.0 Å². The van der Waals surface area contributed by atoms with E-state index in [1.165, 1.54) is 11.3 Å². The lowest BCUT2D eigenvalue weighted by Crippen LogP contribution is -2.58. The summed E-state index contributed by atoms with van der Waals surface area (Å²) in [4.78, 5) is 39.2. The highest BCUT2D eigenvalue weighted by atomic mass is 32.1. The smallest absolute Gasteiger partial charge is 0.319 e. The van der Waals surface area contributed by atoms with Gasteiger partial charge in [0.1, 0.15) is 5.75 Å². The van der Waals surface area contributed by atoms with Crippen LogP contribution in [0.2, 0.25) is 0 Å². The molecule has 0 bridgehead atoms. The Morgan fingerprint density at radius 3 is 2.79 bits per heavy atom. The number of benzene rings is 1. The molecule has 0 radical (unpaired) electrons. The maximum Gasteiger partial charge on any atom is 0.319 e. The summed E-state index contributed by atoms with van der Waals surface area (Å²) in [6.07, 6.45) is 1.57. The Balaban J connectivity index is 1.24. The van der Waals surface area contributed by atoms with Crippen LogP contribution in [-0.4, -0.2) is 61.1 Å². The summed E-state index contributed by atoms with van der Waals surface area (Å²) >= 11 is 1.51. The second-order valence-electron chi connectivity index (χ2n) is 8.32. The van der Waals surface area contributed by atoms with Crippen molar-refractivity contribution in [2.75, 3.05) is 25.5 Å². The van der Waals surface area contributed by atoms with Crippen molar-refractivity contribution in [2.45, 2.75) is 43.9 Å². The lowest BCUT2D eigenvalue weighted by molar-refractivity contribution is -0.129. The SMILES string of the molecule is COc1ccc(CNC(=O)CC[C@@H]2CNC(=O)[C@@H]3C[C@H](NC(=O)Nc4ccsc4)CN23)cc1. The number of fused-ring (bicyclic) bond motifs is 1. The first-order valence-electron chi connectivity index (χ1n) is 11.0. The predicted octanol–water partition coefficient (Wildman–Crippen LogP) is 1.92. The van der Waals surface area contributed by atoms with Crippen molar-refractivity contribution in [3.8, 4) is 5.75 Å². The van der Waals surface area contributed by atoms with Crippen molar-refractivity contribution >= 4 is 34.9 Å². The van der Waals surface area contributed by atoms with Gasteiger partial charge in [-0.2, -0.15) is 11.3 Å². The van der Waals surface area contributed by atoms with Gasteiger partial charge in [0.05, 0.1) is 18.8 Å². The van der Waals surface area contributed by atoms with E-state index in [1.807, 2.05) is 41.1 Å². The molecular weight excluding hydrogens is 442 g/mol. The highest BCUT2D eigenvalue weighted by molar-refractivity contribution is 7.08. The molecule has 0 unspecified atom stereocenters. The summed E-state index contributed by atoms with van der Waals surface area (Å²) in [7, 11) is 1.62. The van der Waals surface area contributed by atoms with Gasteiger partial charge in [-0.1, -0.05) is 12.1 Å². The molecule has 2 aliphatic heterocycles. The third kappa shape index (κ3) is 6.02. The lowest BCUT2D eigenvalue weighted by Gasteiger charge is -2.37. The Labute approximate surface area is 196 Å². The van der Waals surface area contributed by atoms with Crippen LogP contribution in [0.3, 0.4) is 0 Å². The van der Waals surface area contributed by atoms with E-state index in [0.29, 0.717) is 38.9 Å². The van der Waals surface area contributed by atoms with Crippen molar-refractivity contribution < 1.29 is 19.1 Å². The van der Waals surface area contributed by atoms with Gasteiger partial charge in [0, 0.05) is 43.5 Å². The van der Waals surface area contributed by atoms with Crippen LogP contribution in [-0.2, 0) is 16.1 Å². The number of hydrogen-bond acceptors (Lipinski definition) is 6. The normalized spacial score (nSPS) is 22.2. The minimum absolute atomic E-state index is 0.0160. The van der Waals surface area contributed by atoms with Crippen LogP contribution >= 0.6 is 11.3 Å². The van der Waals surface area contributed by atoms with Gasteiger partial charge in [0.25, 0.3) is 0 Å². The number of nitrogens with one attached hydrogen (secondary N) is 4. The number of rotatable bonds is 8. The zero-order valence-electron chi connectivity index (χ0n) is 18.5. The van der Waals surface area contributed by atoms with E-state index in [9.17, 15) is 14.4 Å². The number of piperazine rings is 1. The van der Waals surface area contributed by atoms with Gasteiger partial charge in [0.2, 0.25) is 11.8 Å². The van der Waals surface area contributed by atoms with E-state index in [0.717, 1.165) is 17.0 Å². The second-order valence-corrected chi connectivity index (χ2v) is 9.10. The minimum atomic E-state index is -0.280. The number of thiophene rings is 1. The monoisotopic (exact) mass is 471 g/mol. The summed E-state index contributed by atoms with van der Waals surface area (Å²) < 4.78 is 5.15. The molecule has 1 aromatic heterocycles. The molecule has 2 fully saturated rings. The Morgan fingerprint density at radius 2 is 2.06 bits per heavy atom. The molecule has 1 aromatic carbocycles. The molecule has 2 aliphatic rings. The predicted molar refractivity (Wildman–Crippen MR) is 126 cm³/mol. The zero-order chi connectivity index (χ0) is 23.2. The third-order valence-electron chi connectivity index (χ3n) is 6.09. The molecule has 2 saturated heterocycles. The molecule has 0 spiro atoms. The topological polar surface area (TPSA) is 112 Å². The molecule has 33 heavy (non-hydrogen) atoms. The molecule has 4 N–H and O–H groups in total. The number of amides is 4. The average Bonchev–Trinajstić information content (AvgIpc) is 3.48. The van der Waals surface area contributed by atoms with Crippen LogP contribution in [0.1, 0.15) is 24.8 Å². The summed E-state index contributed by atoms with van der Waals surface area (Å²) in [5, 5.41) is 15.4. The highest BCUT2D eigenvalue weighted by Gasteiger charge is 2.43. The maximum atomic E-state index is 12.4. The van der Waals surface area contributed by atoms with Crippen molar-refractivity contribution in [1.82, 2.24) is 20.9 Å². The number of urea groups is 1. The van der Waals surface area contributed by atoms with E-state index in [1.54, 1.807) is 7.11 Å². The maximum absolute atomic E-state index is 12.4. The number of carbonyl (C=O) groups excluding carboxylic acids is 3. The summed E-state index contributed by atoms with van der Waals surface area (Å²) in [6.45, 7) is 1.56. The number of anilines is 1. The number of hydrogen-bond donors (Lipinski definition) is 4. The number of carbonyl (C=O) groups is 3. The quantitative estimate of drug-likeness (QED) is 0.470. The molecule has 0 aliphatic carbocycles. The van der Waals surface area contributed by atoms with Crippen molar-refractivity contribution in [2.24, 2.45) is 0 Å². The largest absolute Gasteiger partial charge is 0.497 e. The Bertz CT molecular complexity index is 966. The van der Waals surface area contributed by atoms with E-state index in [-0.39, 0.29) is 36.0 Å². The lowest BCUT2D eigenvalue weighted by atomic mass is 10.0. The molecule has 2 aromatic rings. The van der Waals surface area contributed by atoms with Crippen molar-refractivity contribution in [1.29, 1.82) is 0 Å². The Hall–Kier alpha value is -3.11. The fraction of sp³-hybridized carbons (Fsp3) is 0.435. The van der Waals surface area contributed by atoms with Crippen molar-refractivity contribution in [3.05, 3.63) is 46.7 Å². The van der Waals surface area contributed by atoms with Gasteiger partial charge >= 0.3 is 6.03 Å². The Kier molecular flexibility index (Phi) is 7.46. The standard InChI is InChI=1S/C23H29N5O4S/c1-32-19-5-2-15(3-6-19)11-24-21(29)7-4-18-12-25-22(30)20-10-17(13-28(18)20)27-23(31)26-16-8-9-33-14-16/h2-3,5-6,8-9,14,17-18,20H,4,7,10-13H2,1H3,(H,24,29)(H,25,30)(H2,26,27,31)/t17-,18+,20-/m0/s1. The Morgan fingerprint density at radius 1 is 1.24 bits per heavy atom. The molecule has 0 saturated carbocycles. The zero-order valence-corrected chi connectivity index (χ0v) is 19.3.